The number of halogens is 1. The van der Waals surface area contributed by atoms with E-state index in [9.17, 15) is 8.42 Å². The van der Waals surface area contributed by atoms with Crippen LogP contribution in [0.4, 0.5) is 5.69 Å². The summed E-state index contributed by atoms with van der Waals surface area (Å²) in [5.41, 5.74) is 0.886. The number of rotatable bonds is 3. The molecule has 0 aromatic heterocycles. The molecule has 0 spiro atoms. The van der Waals surface area contributed by atoms with Gasteiger partial charge in [0.05, 0.1) is 32.8 Å². The molecule has 0 aliphatic carbocycles. The van der Waals surface area contributed by atoms with Crippen molar-refractivity contribution in [1.82, 2.24) is 0 Å². The Morgan fingerprint density at radius 1 is 1.00 bits per heavy atom. The van der Waals surface area contributed by atoms with Crippen LogP contribution in [0, 0.1) is 22.7 Å². The van der Waals surface area contributed by atoms with Gasteiger partial charge in [0.25, 0.3) is 10.0 Å². The number of sulfonamides is 1. The van der Waals surface area contributed by atoms with Crippen molar-refractivity contribution >= 4 is 27.3 Å². The van der Waals surface area contributed by atoms with E-state index in [4.69, 9.17) is 22.1 Å². The molecule has 2 aromatic carbocycles. The summed E-state index contributed by atoms with van der Waals surface area (Å²) in [5, 5.41) is 17.6. The lowest BCUT2D eigenvalue weighted by Crippen LogP contribution is -2.12. The van der Waals surface area contributed by atoms with Crippen LogP contribution in [-0.4, -0.2) is 8.42 Å². The molecule has 104 valence electrons. The SMILES string of the molecule is N#Cc1ccc(S(=O)(=O)Nc2ccc(C#N)c(Cl)c2)cc1. The van der Waals surface area contributed by atoms with E-state index in [0.29, 0.717) is 5.56 Å². The molecule has 2 aromatic rings. The first-order valence-corrected chi connectivity index (χ1v) is 7.55. The molecule has 0 aliphatic heterocycles. The normalized spacial score (nSPS) is 10.4. The summed E-state index contributed by atoms with van der Waals surface area (Å²) in [6, 6.07) is 13.6. The number of benzene rings is 2. The monoisotopic (exact) mass is 317 g/mol. The molecular weight excluding hydrogens is 310 g/mol. The summed E-state index contributed by atoms with van der Waals surface area (Å²) < 4.78 is 26.7. The lowest BCUT2D eigenvalue weighted by atomic mass is 10.2. The maximum atomic E-state index is 12.2. The molecule has 0 heterocycles. The number of nitriles is 2. The average molecular weight is 318 g/mol. The molecule has 0 bridgehead atoms. The van der Waals surface area contributed by atoms with Crippen molar-refractivity contribution in [3.63, 3.8) is 0 Å². The zero-order chi connectivity index (χ0) is 15.5. The summed E-state index contributed by atoms with van der Waals surface area (Å²) in [5.74, 6) is 0. The molecule has 5 nitrogen and oxygen atoms in total. The van der Waals surface area contributed by atoms with Gasteiger partial charge in [-0.1, -0.05) is 11.6 Å². The van der Waals surface area contributed by atoms with E-state index in [1.54, 1.807) is 0 Å². The number of hydrogen-bond donors (Lipinski definition) is 1. The Balaban J connectivity index is 2.31. The van der Waals surface area contributed by atoms with Crippen molar-refractivity contribution in [2.24, 2.45) is 0 Å². The molecule has 21 heavy (non-hydrogen) atoms. The number of hydrogen-bond acceptors (Lipinski definition) is 4. The smallest absolute Gasteiger partial charge is 0.261 e. The second kappa shape index (κ2) is 5.84. The van der Waals surface area contributed by atoms with Crippen LogP contribution in [0.15, 0.2) is 47.4 Å². The molecule has 0 aliphatic rings. The minimum atomic E-state index is -3.78. The highest BCUT2D eigenvalue weighted by atomic mass is 35.5. The highest BCUT2D eigenvalue weighted by Gasteiger charge is 2.14. The first-order valence-electron chi connectivity index (χ1n) is 5.69. The van der Waals surface area contributed by atoms with Gasteiger partial charge in [0, 0.05) is 0 Å². The zero-order valence-corrected chi connectivity index (χ0v) is 12.1. The van der Waals surface area contributed by atoms with Crippen molar-refractivity contribution in [1.29, 1.82) is 10.5 Å². The Morgan fingerprint density at radius 2 is 1.67 bits per heavy atom. The fourth-order valence-electron chi connectivity index (χ4n) is 1.59. The summed E-state index contributed by atoms with van der Waals surface area (Å²) >= 11 is 5.85. The number of nitrogens with zero attached hydrogens (tertiary/aromatic N) is 2. The summed E-state index contributed by atoms with van der Waals surface area (Å²) in [6.45, 7) is 0. The van der Waals surface area contributed by atoms with Gasteiger partial charge in [-0.2, -0.15) is 10.5 Å². The molecule has 0 saturated carbocycles. The summed E-state index contributed by atoms with van der Waals surface area (Å²) in [6.07, 6.45) is 0. The molecule has 1 N–H and O–H groups in total. The first-order chi connectivity index (χ1) is 9.96. The van der Waals surface area contributed by atoms with E-state index >= 15 is 0 Å². The fourth-order valence-corrected chi connectivity index (χ4v) is 2.86. The van der Waals surface area contributed by atoms with E-state index in [1.807, 2.05) is 12.1 Å². The first kappa shape index (κ1) is 14.9. The van der Waals surface area contributed by atoms with Crippen molar-refractivity contribution < 1.29 is 8.42 Å². The fraction of sp³-hybridized carbons (Fsp3) is 0. The van der Waals surface area contributed by atoms with Gasteiger partial charge in [0.1, 0.15) is 6.07 Å². The topological polar surface area (TPSA) is 93.8 Å². The minimum Gasteiger partial charge on any atom is -0.280 e. The van der Waals surface area contributed by atoms with Crippen LogP contribution < -0.4 is 4.72 Å². The second-order valence-electron chi connectivity index (χ2n) is 4.05. The van der Waals surface area contributed by atoms with Crippen molar-refractivity contribution in [2.75, 3.05) is 4.72 Å². The van der Waals surface area contributed by atoms with Crippen LogP contribution >= 0.6 is 11.6 Å². The minimum absolute atomic E-state index is 0.0296. The van der Waals surface area contributed by atoms with Gasteiger partial charge in [0.15, 0.2) is 0 Å². The summed E-state index contributed by atoms with van der Waals surface area (Å²) in [7, 11) is -3.78. The molecule has 0 fully saturated rings. The zero-order valence-electron chi connectivity index (χ0n) is 10.5. The molecule has 0 unspecified atom stereocenters. The van der Waals surface area contributed by atoms with E-state index in [-0.39, 0.29) is 21.2 Å². The third-order valence-electron chi connectivity index (χ3n) is 2.64. The number of nitrogens with one attached hydrogen (secondary N) is 1. The molecule has 2 rings (SSSR count). The Kier molecular flexibility index (Phi) is 4.13. The Hall–Kier alpha value is -2.54. The lowest BCUT2D eigenvalue weighted by Gasteiger charge is -2.08. The molecule has 0 atom stereocenters. The van der Waals surface area contributed by atoms with Crippen LogP contribution in [-0.2, 0) is 10.0 Å². The van der Waals surface area contributed by atoms with E-state index in [1.165, 1.54) is 42.5 Å². The van der Waals surface area contributed by atoms with Gasteiger partial charge in [-0.25, -0.2) is 8.42 Å². The van der Waals surface area contributed by atoms with Gasteiger partial charge < -0.3 is 0 Å². The Labute approximate surface area is 127 Å². The van der Waals surface area contributed by atoms with Gasteiger partial charge in [0.2, 0.25) is 0 Å². The highest BCUT2D eigenvalue weighted by molar-refractivity contribution is 7.92. The third kappa shape index (κ3) is 3.32. The van der Waals surface area contributed by atoms with Crippen LogP contribution in [0.1, 0.15) is 11.1 Å². The lowest BCUT2D eigenvalue weighted by molar-refractivity contribution is 0.601. The van der Waals surface area contributed by atoms with Crippen LogP contribution in [0.25, 0.3) is 0 Å². The molecular formula is C14H8ClN3O2S. The Morgan fingerprint density at radius 3 is 2.19 bits per heavy atom. The van der Waals surface area contributed by atoms with Crippen molar-refractivity contribution in [3.05, 3.63) is 58.6 Å². The maximum absolute atomic E-state index is 12.2. The standard InChI is InChI=1S/C14H8ClN3O2S/c15-14-7-12(4-3-11(14)9-17)18-21(19,20)13-5-1-10(8-16)2-6-13/h1-7,18H. The van der Waals surface area contributed by atoms with E-state index < -0.39 is 10.0 Å². The van der Waals surface area contributed by atoms with Crippen LogP contribution in [0.3, 0.4) is 0 Å². The highest BCUT2D eigenvalue weighted by Crippen LogP contribution is 2.22. The largest absolute Gasteiger partial charge is 0.280 e. The number of anilines is 1. The molecule has 0 amide bonds. The van der Waals surface area contributed by atoms with Crippen molar-refractivity contribution in [3.8, 4) is 12.1 Å². The van der Waals surface area contributed by atoms with E-state index in [2.05, 4.69) is 4.72 Å². The summed E-state index contributed by atoms with van der Waals surface area (Å²) in [4.78, 5) is 0.0296. The van der Waals surface area contributed by atoms with Gasteiger partial charge >= 0.3 is 0 Å². The average Bonchev–Trinajstić information content (AvgIpc) is 2.47. The Bertz CT molecular complexity index is 863. The molecule has 0 radical (unpaired) electrons. The van der Waals surface area contributed by atoms with Crippen LogP contribution in [0.2, 0.25) is 5.02 Å². The molecule has 7 heteroatoms. The molecule has 0 saturated heterocycles. The maximum Gasteiger partial charge on any atom is 0.261 e. The van der Waals surface area contributed by atoms with Crippen LogP contribution in [0.5, 0.6) is 0 Å². The second-order valence-corrected chi connectivity index (χ2v) is 6.14. The van der Waals surface area contributed by atoms with E-state index in [0.717, 1.165) is 0 Å². The predicted octanol–water partition coefficient (Wildman–Crippen LogP) is 2.88. The third-order valence-corrected chi connectivity index (χ3v) is 4.35. The van der Waals surface area contributed by atoms with Crippen molar-refractivity contribution in [2.45, 2.75) is 4.90 Å². The van der Waals surface area contributed by atoms with Gasteiger partial charge in [-0.3, -0.25) is 4.72 Å². The van der Waals surface area contributed by atoms with Gasteiger partial charge in [-0.05, 0) is 42.5 Å². The van der Waals surface area contributed by atoms with Gasteiger partial charge in [-0.15, -0.1) is 0 Å². The quantitative estimate of drug-likeness (QED) is 0.941. The predicted molar refractivity (Wildman–Crippen MR) is 78.1 cm³/mol.